The number of aromatic nitrogens is 1. The van der Waals surface area contributed by atoms with Crippen molar-refractivity contribution in [2.45, 2.75) is 26.8 Å². The van der Waals surface area contributed by atoms with Crippen LogP contribution in [-0.4, -0.2) is 34.5 Å². The van der Waals surface area contributed by atoms with E-state index in [1.165, 1.54) is 11.2 Å². The molecule has 0 aliphatic rings. The second-order valence-corrected chi connectivity index (χ2v) is 4.88. The summed E-state index contributed by atoms with van der Waals surface area (Å²) in [7, 11) is 0. The minimum atomic E-state index is -0.350. The standard InChI is InChI=1S/C14H17N3O4/c1-9(2)17(14(19)11-5-4-6-20-11)8-13(18)15-12-7-10(3)21-16-12/h4-7,9H,8H2,1-3H3,(H,15,16,18). The normalized spacial score (nSPS) is 10.7. The number of aryl methyl sites for hydroxylation is 1. The summed E-state index contributed by atoms with van der Waals surface area (Å²) in [6.07, 6.45) is 1.42. The zero-order chi connectivity index (χ0) is 15.4. The monoisotopic (exact) mass is 291 g/mol. The van der Waals surface area contributed by atoms with Crippen LogP contribution < -0.4 is 5.32 Å². The first-order chi connectivity index (χ1) is 9.97. The molecule has 2 aromatic rings. The average Bonchev–Trinajstić information content (AvgIpc) is 3.06. The number of nitrogens with zero attached hydrogens (tertiary/aromatic N) is 2. The number of nitrogens with one attached hydrogen (secondary N) is 1. The zero-order valence-electron chi connectivity index (χ0n) is 12.1. The molecular weight excluding hydrogens is 274 g/mol. The lowest BCUT2D eigenvalue weighted by Gasteiger charge is -2.24. The van der Waals surface area contributed by atoms with Crippen molar-refractivity contribution < 1.29 is 18.5 Å². The summed E-state index contributed by atoms with van der Waals surface area (Å²) in [6.45, 7) is 5.29. The van der Waals surface area contributed by atoms with Gasteiger partial charge in [0.05, 0.1) is 6.26 Å². The number of carbonyl (C=O) groups is 2. The molecule has 7 heteroatoms. The predicted molar refractivity (Wildman–Crippen MR) is 74.8 cm³/mol. The van der Waals surface area contributed by atoms with E-state index in [0.717, 1.165) is 0 Å². The Morgan fingerprint density at radius 3 is 2.71 bits per heavy atom. The second kappa shape index (κ2) is 6.25. The maximum Gasteiger partial charge on any atom is 0.290 e. The third-order valence-corrected chi connectivity index (χ3v) is 2.83. The van der Waals surface area contributed by atoms with Crippen molar-refractivity contribution in [2.24, 2.45) is 0 Å². The van der Waals surface area contributed by atoms with E-state index < -0.39 is 0 Å². The van der Waals surface area contributed by atoms with Crippen LogP contribution in [0.25, 0.3) is 0 Å². The SMILES string of the molecule is Cc1cc(NC(=O)CN(C(=O)c2ccco2)C(C)C)no1. The molecule has 21 heavy (non-hydrogen) atoms. The van der Waals surface area contributed by atoms with Gasteiger partial charge in [-0.25, -0.2) is 0 Å². The minimum absolute atomic E-state index is 0.0941. The Kier molecular flexibility index (Phi) is 4.42. The maximum atomic E-state index is 12.3. The van der Waals surface area contributed by atoms with Crippen LogP contribution in [0.2, 0.25) is 0 Å². The highest BCUT2D eigenvalue weighted by molar-refractivity contribution is 5.97. The molecule has 0 aliphatic carbocycles. The van der Waals surface area contributed by atoms with Gasteiger partial charge in [-0.15, -0.1) is 0 Å². The Balaban J connectivity index is 2.02. The molecule has 1 N–H and O–H groups in total. The lowest BCUT2D eigenvalue weighted by molar-refractivity contribution is -0.117. The summed E-state index contributed by atoms with van der Waals surface area (Å²) in [4.78, 5) is 25.7. The maximum absolute atomic E-state index is 12.3. The van der Waals surface area contributed by atoms with Crippen LogP contribution in [0.15, 0.2) is 33.4 Å². The summed E-state index contributed by atoms with van der Waals surface area (Å²) in [5.74, 6) is 0.441. The number of anilines is 1. The van der Waals surface area contributed by atoms with Gasteiger partial charge in [0.25, 0.3) is 5.91 Å². The van der Waals surface area contributed by atoms with Crippen molar-refractivity contribution in [3.8, 4) is 0 Å². The van der Waals surface area contributed by atoms with Gasteiger partial charge < -0.3 is 19.2 Å². The quantitative estimate of drug-likeness (QED) is 0.911. The molecular formula is C14H17N3O4. The molecule has 0 saturated heterocycles. The number of carbonyl (C=O) groups excluding carboxylic acids is 2. The summed E-state index contributed by atoms with van der Waals surface area (Å²) in [5.41, 5.74) is 0. The van der Waals surface area contributed by atoms with E-state index in [1.807, 2.05) is 13.8 Å². The van der Waals surface area contributed by atoms with Crippen LogP contribution in [0.3, 0.4) is 0 Å². The van der Waals surface area contributed by atoms with E-state index in [-0.39, 0.29) is 30.2 Å². The molecule has 0 radical (unpaired) electrons. The topological polar surface area (TPSA) is 88.6 Å². The number of hydrogen-bond donors (Lipinski definition) is 1. The van der Waals surface area contributed by atoms with E-state index in [1.54, 1.807) is 25.1 Å². The Bertz CT molecular complexity index is 616. The van der Waals surface area contributed by atoms with Gasteiger partial charge in [-0.1, -0.05) is 5.16 Å². The molecule has 0 saturated carbocycles. The lowest BCUT2D eigenvalue weighted by Crippen LogP contribution is -2.42. The Hall–Kier alpha value is -2.57. The Morgan fingerprint density at radius 2 is 2.19 bits per heavy atom. The van der Waals surface area contributed by atoms with Gasteiger partial charge >= 0.3 is 0 Å². The highest BCUT2D eigenvalue weighted by Gasteiger charge is 2.23. The summed E-state index contributed by atoms with van der Waals surface area (Å²) < 4.78 is 9.94. The molecule has 0 aliphatic heterocycles. The van der Waals surface area contributed by atoms with Crippen molar-refractivity contribution >= 4 is 17.6 Å². The third-order valence-electron chi connectivity index (χ3n) is 2.83. The number of hydrogen-bond acceptors (Lipinski definition) is 5. The zero-order valence-corrected chi connectivity index (χ0v) is 12.1. The van der Waals surface area contributed by atoms with Crippen LogP contribution in [0, 0.1) is 6.92 Å². The first-order valence-corrected chi connectivity index (χ1v) is 6.55. The Morgan fingerprint density at radius 1 is 1.43 bits per heavy atom. The van der Waals surface area contributed by atoms with Crippen molar-refractivity contribution in [3.05, 3.63) is 36.0 Å². The van der Waals surface area contributed by atoms with E-state index in [0.29, 0.717) is 11.6 Å². The van der Waals surface area contributed by atoms with E-state index in [9.17, 15) is 9.59 Å². The van der Waals surface area contributed by atoms with E-state index >= 15 is 0 Å². The van der Waals surface area contributed by atoms with Crippen LogP contribution in [0.1, 0.15) is 30.2 Å². The molecule has 7 nitrogen and oxygen atoms in total. The molecule has 0 fully saturated rings. The van der Waals surface area contributed by atoms with Crippen molar-refractivity contribution in [2.75, 3.05) is 11.9 Å². The summed E-state index contributed by atoms with van der Waals surface area (Å²) >= 11 is 0. The molecule has 0 spiro atoms. The molecule has 0 atom stereocenters. The van der Waals surface area contributed by atoms with Crippen LogP contribution in [0.5, 0.6) is 0 Å². The first-order valence-electron chi connectivity index (χ1n) is 6.55. The molecule has 2 aromatic heterocycles. The second-order valence-electron chi connectivity index (χ2n) is 4.88. The summed E-state index contributed by atoms with van der Waals surface area (Å²) in [6, 6.07) is 4.65. The van der Waals surface area contributed by atoms with Gasteiger partial charge in [0, 0.05) is 12.1 Å². The Labute approximate surface area is 121 Å². The molecule has 0 bridgehead atoms. The van der Waals surface area contributed by atoms with Gasteiger partial charge in [-0.3, -0.25) is 9.59 Å². The smallest absolute Gasteiger partial charge is 0.290 e. The largest absolute Gasteiger partial charge is 0.459 e. The van der Waals surface area contributed by atoms with Crippen molar-refractivity contribution in [3.63, 3.8) is 0 Å². The third kappa shape index (κ3) is 3.71. The molecule has 2 rings (SSSR count). The fourth-order valence-electron chi connectivity index (χ4n) is 1.79. The van der Waals surface area contributed by atoms with Crippen molar-refractivity contribution in [1.82, 2.24) is 10.1 Å². The van der Waals surface area contributed by atoms with Crippen LogP contribution in [0.4, 0.5) is 5.82 Å². The predicted octanol–water partition coefficient (Wildman–Crippen LogP) is 2.07. The van der Waals surface area contributed by atoms with Crippen molar-refractivity contribution in [1.29, 1.82) is 0 Å². The van der Waals surface area contributed by atoms with Gasteiger partial charge in [0.1, 0.15) is 12.3 Å². The minimum Gasteiger partial charge on any atom is -0.459 e. The molecule has 0 unspecified atom stereocenters. The molecule has 2 amide bonds. The fraction of sp³-hybridized carbons (Fsp3) is 0.357. The van der Waals surface area contributed by atoms with Gasteiger partial charge in [-0.2, -0.15) is 0 Å². The molecule has 2 heterocycles. The molecule has 112 valence electrons. The van der Waals surface area contributed by atoms with Gasteiger partial charge in [0.15, 0.2) is 11.6 Å². The number of amides is 2. The highest BCUT2D eigenvalue weighted by atomic mass is 16.5. The van der Waals surface area contributed by atoms with E-state index in [2.05, 4.69) is 10.5 Å². The van der Waals surface area contributed by atoms with E-state index in [4.69, 9.17) is 8.94 Å². The van der Waals surface area contributed by atoms with Gasteiger partial charge in [-0.05, 0) is 32.9 Å². The fourth-order valence-corrected chi connectivity index (χ4v) is 1.79. The average molecular weight is 291 g/mol. The number of furan rings is 1. The van der Waals surface area contributed by atoms with Crippen LogP contribution in [-0.2, 0) is 4.79 Å². The highest BCUT2D eigenvalue weighted by Crippen LogP contribution is 2.11. The first kappa shape index (κ1) is 14.8. The lowest BCUT2D eigenvalue weighted by atomic mass is 10.2. The summed E-state index contributed by atoms with van der Waals surface area (Å²) in [5, 5.41) is 6.25. The number of rotatable bonds is 5. The van der Waals surface area contributed by atoms with Crippen LogP contribution >= 0.6 is 0 Å². The van der Waals surface area contributed by atoms with Gasteiger partial charge in [0.2, 0.25) is 5.91 Å². The molecule has 0 aromatic carbocycles.